The molecule has 0 spiro atoms. The first-order valence-corrected chi connectivity index (χ1v) is 15.5. The molecule has 2 aliphatic heterocycles. The summed E-state index contributed by atoms with van der Waals surface area (Å²) < 4.78 is 34.1. The van der Waals surface area contributed by atoms with Crippen molar-refractivity contribution in [3.63, 3.8) is 0 Å². The van der Waals surface area contributed by atoms with Crippen LogP contribution < -0.4 is 19.5 Å². The predicted octanol–water partition coefficient (Wildman–Crippen LogP) is 8.46. The molecule has 2 unspecified atom stereocenters. The molecule has 0 bridgehead atoms. The van der Waals surface area contributed by atoms with Gasteiger partial charge in [0.25, 0.3) is 0 Å². The second-order valence-electron chi connectivity index (χ2n) is 12.0. The summed E-state index contributed by atoms with van der Waals surface area (Å²) in [6, 6.07) is 16.5. The van der Waals surface area contributed by atoms with Gasteiger partial charge >= 0.3 is 0 Å². The molecule has 2 aliphatic rings. The maximum absolute atomic E-state index is 15.9. The Bertz CT molecular complexity index is 1410. The van der Waals surface area contributed by atoms with Crippen LogP contribution in [0.2, 0.25) is 0 Å². The first-order valence-electron chi connectivity index (χ1n) is 13.7. The summed E-state index contributed by atoms with van der Waals surface area (Å²) in [4.78, 5) is 0. The summed E-state index contributed by atoms with van der Waals surface area (Å²) in [5.74, 6) is 2.56. The number of ether oxygens (including phenoxy) is 3. The molecule has 5 heteroatoms. The van der Waals surface area contributed by atoms with Gasteiger partial charge in [0.15, 0.2) is 13.0 Å². The van der Waals surface area contributed by atoms with E-state index >= 15 is 4.57 Å². The first kappa shape index (κ1) is 26.9. The van der Waals surface area contributed by atoms with Gasteiger partial charge < -0.3 is 18.8 Å². The van der Waals surface area contributed by atoms with Crippen molar-refractivity contribution in [3.8, 4) is 28.4 Å². The number of rotatable bonds is 5. The Kier molecular flexibility index (Phi) is 6.71. The topological polar surface area (TPSA) is 44.8 Å². The Labute approximate surface area is 228 Å². The summed E-state index contributed by atoms with van der Waals surface area (Å²) in [5, 5.41) is 0.288. The molecule has 202 valence electrons. The number of hydrogen-bond donors (Lipinski definition) is 0. The Balaban J connectivity index is 1.80. The predicted molar refractivity (Wildman–Crippen MR) is 157 cm³/mol. The Morgan fingerprint density at radius 3 is 2.16 bits per heavy atom. The van der Waals surface area contributed by atoms with E-state index in [9.17, 15) is 0 Å². The van der Waals surface area contributed by atoms with Crippen molar-refractivity contribution in [1.29, 1.82) is 0 Å². The van der Waals surface area contributed by atoms with Gasteiger partial charge in [-0.3, -0.25) is 0 Å². The molecule has 0 saturated carbocycles. The largest absolute Gasteiger partial charge is 0.496 e. The van der Waals surface area contributed by atoms with Crippen molar-refractivity contribution in [3.05, 3.63) is 70.8 Å². The third kappa shape index (κ3) is 3.74. The standard InChI is InChI=1S/C33H41O4P/c1-19(2)22-16-24(20(3)4)26-18-30-37-29-15-10-12-23(31-27(35-8)13-11-14-28(31)36-9)32(29)38(30,34)33(6,7)21(5)25(26)17-22/h10-17,19-21,30H,18H2,1-9H3/t21?,30-,38?/m1/s1. The minimum Gasteiger partial charge on any atom is -0.496 e. The van der Waals surface area contributed by atoms with E-state index < -0.39 is 18.1 Å². The third-order valence-corrected chi connectivity index (χ3v) is 13.4. The fraction of sp³-hybridized carbons (Fsp3) is 0.455. The smallest absolute Gasteiger partial charge is 0.164 e. The maximum atomic E-state index is 15.9. The van der Waals surface area contributed by atoms with Gasteiger partial charge in [-0.2, -0.15) is 0 Å². The van der Waals surface area contributed by atoms with Crippen LogP contribution >= 0.6 is 7.14 Å². The van der Waals surface area contributed by atoms with E-state index in [0.717, 1.165) is 22.2 Å². The normalized spacial score (nSPS) is 23.3. The lowest BCUT2D eigenvalue weighted by Crippen LogP contribution is -2.34. The Hall–Kier alpha value is -2.71. The molecule has 3 aromatic rings. The van der Waals surface area contributed by atoms with E-state index in [0.29, 0.717) is 29.8 Å². The molecule has 3 atom stereocenters. The average Bonchev–Trinajstić information content (AvgIpc) is 3.17. The highest BCUT2D eigenvalue weighted by atomic mass is 31.2. The summed E-state index contributed by atoms with van der Waals surface area (Å²) in [7, 11) is 0.192. The third-order valence-electron chi connectivity index (χ3n) is 9.09. The molecule has 0 aromatic heterocycles. The number of hydrogen-bond acceptors (Lipinski definition) is 4. The molecule has 4 nitrogen and oxygen atoms in total. The molecular weight excluding hydrogens is 491 g/mol. The molecule has 0 fully saturated rings. The minimum atomic E-state index is -3.14. The van der Waals surface area contributed by atoms with Gasteiger partial charge in [0.1, 0.15) is 17.2 Å². The van der Waals surface area contributed by atoms with Crippen molar-refractivity contribution in [1.82, 2.24) is 0 Å². The van der Waals surface area contributed by atoms with Crippen molar-refractivity contribution >= 4 is 12.4 Å². The van der Waals surface area contributed by atoms with Crippen LogP contribution in [0.1, 0.15) is 88.5 Å². The van der Waals surface area contributed by atoms with Gasteiger partial charge in [-0.1, -0.05) is 78.8 Å². The summed E-state index contributed by atoms with van der Waals surface area (Å²) in [6.07, 6.45) is 0.642. The van der Waals surface area contributed by atoms with Crippen molar-refractivity contribution < 1.29 is 18.8 Å². The summed E-state index contributed by atoms with van der Waals surface area (Å²) in [5.41, 5.74) is 7.04. The van der Waals surface area contributed by atoms with Crippen LogP contribution in [0.15, 0.2) is 48.5 Å². The van der Waals surface area contributed by atoms with Crippen molar-refractivity contribution in [2.75, 3.05) is 14.2 Å². The van der Waals surface area contributed by atoms with Gasteiger partial charge in [-0.05, 0) is 58.2 Å². The van der Waals surface area contributed by atoms with Crippen molar-refractivity contribution in [2.24, 2.45) is 0 Å². The van der Waals surface area contributed by atoms with Crippen molar-refractivity contribution in [2.45, 2.75) is 83.6 Å². The van der Waals surface area contributed by atoms with E-state index in [1.54, 1.807) is 14.2 Å². The number of methoxy groups -OCH3 is 2. The van der Waals surface area contributed by atoms with Gasteiger partial charge in [0, 0.05) is 17.1 Å². The minimum absolute atomic E-state index is 0.0757. The van der Waals surface area contributed by atoms with Crippen LogP contribution in [0.25, 0.3) is 11.1 Å². The lowest BCUT2D eigenvalue weighted by atomic mass is 9.79. The highest BCUT2D eigenvalue weighted by molar-refractivity contribution is 7.74. The van der Waals surface area contributed by atoms with Crippen LogP contribution in [-0.2, 0) is 11.0 Å². The zero-order valence-electron chi connectivity index (χ0n) is 24.2. The van der Waals surface area contributed by atoms with Crippen LogP contribution in [0.5, 0.6) is 17.2 Å². The highest BCUT2D eigenvalue weighted by Gasteiger charge is 2.59. The number of benzene rings is 3. The lowest BCUT2D eigenvalue weighted by Gasteiger charge is -2.38. The fourth-order valence-electron chi connectivity index (χ4n) is 6.53. The summed E-state index contributed by atoms with van der Waals surface area (Å²) >= 11 is 0. The zero-order valence-corrected chi connectivity index (χ0v) is 25.1. The van der Waals surface area contributed by atoms with Gasteiger partial charge in [-0.25, -0.2) is 0 Å². The highest BCUT2D eigenvalue weighted by Crippen LogP contribution is 2.72. The quantitative estimate of drug-likeness (QED) is 0.309. The van der Waals surface area contributed by atoms with E-state index in [2.05, 4.69) is 60.6 Å². The molecule has 5 rings (SSSR count). The molecule has 0 amide bonds. The molecule has 38 heavy (non-hydrogen) atoms. The van der Waals surface area contributed by atoms with Crippen LogP contribution in [-0.4, -0.2) is 25.2 Å². The second-order valence-corrected chi connectivity index (χ2v) is 15.5. The molecular formula is C33H41O4P. The number of fused-ring (bicyclic) bond motifs is 4. The Morgan fingerprint density at radius 1 is 0.947 bits per heavy atom. The SMILES string of the molecule is COc1cccc(OC)c1-c1cccc2c1P1(=O)[C@H](Cc3c(C(C)C)cc(C(C)C)cc3C(C)C1(C)C)O2. The fourth-order valence-corrected chi connectivity index (χ4v) is 10.5. The lowest BCUT2D eigenvalue weighted by molar-refractivity contribution is 0.284. The maximum Gasteiger partial charge on any atom is 0.164 e. The molecule has 0 radical (unpaired) electrons. The second kappa shape index (κ2) is 9.49. The molecule has 3 aromatic carbocycles. The van der Waals surface area contributed by atoms with Crippen LogP contribution in [0, 0.1) is 0 Å². The van der Waals surface area contributed by atoms with Gasteiger partial charge in [0.2, 0.25) is 0 Å². The van der Waals surface area contributed by atoms with Crippen LogP contribution in [0.4, 0.5) is 0 Å². The van der Waals surface area contributed by atoms with Gasteiger partial charge in [0.05, 0.1) is 25.1 Å². The molecule has 0 saturated heterocycles. The first-order chi connectivity index (χ1) is 18.0. The van der Waals surface area contributed by atoms with E-state index in [1.807, 2.05) is 36.4 Å². The van der Waals surface area contributed by atoms with E-state index in [-0.39, 0.29) is 5.92 Å². The van der Waals surface area contributed by atoms with E-state index in [1.165, 1.54) is 22.3 Å². The average molecular weight is 533 g/mol. The zero-order chi connectivity index (χ0) is 27.6. The summed E-state index contributed by atoms with van der Waals surface area (Å²) in [6.45, 7) is 15.7. The van der Waals surface area contributed by atoms with Crippen LogP contribution in [0.3, 0.4) is 0 Å². The Morgan fingerprint density at radius 2 is 1.58 bits per heavy atom. The monoisotopic (exact) mass is 532 g/mol. The molecule has 0 aliphatic carbocycles. The molecule has 0 N–H and O–H groups in total. The van der Waals surface area contributed by atoms with E-state index in [4.69, 9.17) is 14.2 Å². The van der Waals surface area contributed by atoms with Gasteiger partial charge in [-0.15, -0.1) is 0 Å². The molecule has 2 heterocycles.